The van der Waals surface area contributed by atoms with E-state index in [0.717, 1.165) is 39.1 Å². The lowest BCUT2D eigenvalue weighted by Crippen LogP contribution is -2.59. The lowest BCUT2D eigenvalue weighted by atomic mass is 9.79. The van der Waals surface area contributed by atoms with Gasteiger partial charge in [-0.3, -0.25) is 9.69 Å². The van der Waals surface area contributed by atoms with Crippen LogP contribution in [0.25, 0.3) is 0 Å². The van der Waals surface area contributed by atoms with E-state index in [-0.39, 0.29) is 11.4 Å². The number of aryl methyl sites for hydroxylation is 1. The summed E-state index contributed by atoms with van der Waals surface area (Å²) in [6.07, 6.45) is 6.05. The standard InChI is InChI=1S/C16H25N3O3/c1-13-11-14(18-22-13)15(20)17-12-16(5-3-2-4-6-16)19-7-9-21-10-8-19/h11H,2-10,12H2,1H3,(H,17,20). The summed E-state index contributed by atoms with van der Waals surface area (Å²) >= 11 is 0. The lowest BCUT2D eigenvalue weighted by molar-refractivity contribution is -0.0361. The zero-order valence-electron chi connectivity index (χ0n) is 13.3. The summed E-state index contributed by atoms with van der Waals surface area (Å²) in [6, 6.07) is 1.68. The molecule has 0 unspecified atom stereocenters. The van der Waals surface area contributed by atoms with Gasteiger partial charge in [0.2, 0.25) is 0 Å². The van der Waals surface area contributed by atoms with Crippen molar-refractivity contribution in [2.24, 2.45) is 0 Å². The first-order valence-corrected chi connectivity index (χ1v) is 8.24. The molecule has 1 saturated heterocycles. The largest absolute Gasteiger partial charge is 0.379 e. The summed E-state index contributed by atoms with van der Waals surface area (Å²) in [7, 11) is 0. The quantitative estimate of drug-likeness (QED) is 0.918. The van der Waals surface area contributed by atoms with Crippen molar-refractivity contribution in [1.82, 2.24) is 15.4 Å². The van der Waals surface area contributed by atoms with Gasteiger partial charge in [0.1, 0.15) is 5.76 Å². The Morgan fingerprint density at radius 1 is 1.32 bits per heavy atom. The summed E-state index contributed by atoms with van der Waals surface area (Å²) in [6.45, 7) is 5.96. The molecule has 0 spiro atoms. The van der Waals surface area contributed by atoms with Crippen LogP contribution in [0.4, 0.5) is 0 Å². The zero-order valence-corrected chi connectivity index (χ0v) is 13.3. The van der Waals surface area contributed by atoms with Crippen molar-refractivity contribution in [3.63, 3.8) is 0 Å². The molecular weight excluding hydrogens is 282 g/mol. The third-order valence-electron chi connectivity index (χ3n) is 4.90. The number of aromatic nitrogens is 1. The van der Waals surface area contributed by atoms with Gasteiger partial charge in [-0.15, -0.1) is 0 Å². The van der Waals surface area contributed by atoms with Gasteiger partial charge in [0.25, 0.3) is 5.91 Å². The van der Waals surface area contributed by atoms with Gasteiger partial charge in [0.05, 0.1) is 13.2 Å². The first-order chi connectivity index (χ1) is 10.7. The van der Waals surface area contributed by atoms with E-state index in [9.17, 15) is 4.79 Å². The molecule has 2 fully saturated rings. The van der Waals surface area contributed by atoms with Crippen molar-refractivity contribution in [3.8, 4) is 0 Å². The SMILES string of the molecule is Cc1cc(C(=O)NCC2(N3CCOCC3)CCCCC2)no1. The summed E-state index contributed by atoms with van der Waals surface area (Å²) in [4.78, 5) is 14.8. The third kappa shape index (κ3) is 3.33. The second kappa shape index (κ2) is 6.79. The van der Waals surface area contributed by atoms with Gasteiger partial charge in [-0.05, 0) is 19.8 Å². The Morgan fingerprint density at radius 2 is 2.05 bits per heavy atom. The van der Waals surface area contributed by atoms with Crippen LogP contribution in [0.15, 0.2) is 10.6 Å². The molecule has 6 heteroatoms. The highest BCUT2D eigenvalue weighted by molar-refractivity contribution is 5.92. The van der Waals surface area contributed by atoms with Gasteiger partial charge < -0.3 is 14.6 Å². The minimum Gasteiger partial charge on any atom is -0.379 e. The maximum atomic E-state index is 12.2. The molecule has 2 heterocycles. The minimum atomic E-state index is -0.143. The predicted molar refractivity (Wildman–Crippen MR) is 81.8 cm³/mol. The van der Waals surface area contributed by atoms with Crippen molar-refractivity contribution in [2.75, 3.05) is 32.8 Å². The lowest BCUT2D eigenvalue weighted by Gasteiger charge is -2.48. The molecule has 0 bridgehead atoms. The second-order valence-electron chi connectivity index (χ2n) is 6.39. The number of nitrogens with zero attached hydrogens (tertiary/aromatic N) is 2. The number of carbonyl (C=O) groups is 1. The Balaban J connectivity index is 1.66. The van der Waals surface area contributed by atoms with Crippen LogP contribution in [0.1, 0.15) is 48.4 Å². The number of ether oxygens (including phenoxy) is 1. The molecular formula is C16H25N3O3. The van der Waals surface area contributed by atoms with Crippen LogP contribution in [-0.2, 0) is 4.74 Å². The normalized spacial score (nSPS) is 22.4. The summed E-state index contributed by atoms with van der Waals surface area (Å²) in [5.41, 5.74) is 0.446. The number of rotatable bonds is 4. The average Bonchev–Trinajstić information content (AvgIpc) is 3.01. The highest BCUT2D eigenvalue weighted by atomic mass is 16.5. The molecule has 1 saturated carbocycles. The number of morpholine rings is 1. The molecule has 3 rings (SSSR count). The van der Waals surface area contributed by atoms with Crippen molar-refractivity contribution in [2.45, 2.75) is 44.6 Å². The Kier molecular flexibility index (Phi) is 4.78. The van der Waals surface area contributed by atoms with Crippen LogP contribution in [0.3, 0.4) is 0 Å². The van der Waals surface area contributed by atoms with Crippen LogP contribution in [0.2, 0.25) is 0 Å². The first-order valence-electron chi connectivity index (χ1n) is 8.24. The molecule has 0 atom stereocenters. The number of hydrogen-bond donors (Lipinski definition) is 1. The molecule has 1 amide bonds. The Hall–Kier alpha value is -1.40. The molecule has 122 valence electrons. The fourth-order valence-electron chi connectivity index (χ4n) is 3.66. The molecule has 1 aromatic rings. The van der Waals surface area contributed by atoms with Gasteiger partial charge >= 0.3 is 0 Å². The number of nitrogens with one attached hydrogen (secondary N) is 1. The summed E-state index contributed by atoms with van der Waals surface area (Å²) in [5, 5.41) is 6.87. The van der Waals surface area contributed by atoms with Crippen molar-refractivity contribution in [1.29, 1.82) is 0 Å². The van der Waals surface area contributed by atoms with Crippen molar-refractivity contribution >= 4 is 5.91 Å². The number of hydrogen-bond acceptors (Lipinski definition) is 5. The van der Waals surface area contributed by atoms with Crippen molar-refractivity contribution in [3.05, 3.63) is 17.5 Å². The molecule has 0 aromatic carbocycles. The molecule has 2 aliphatic rings. The van der Waals surface area contributed by atoms with E-state index in [0.29, 0.717) is 18.0 Å². The van der Waals surface area contributed by atoms with E-state index in [1.54, 1.807) is 13.0 Å². The van der Waals surface area contributed by atoms with Gasteiger partial charge in [-0.1, -0.05) is 24.4 Å². The fourth-order valence-corrected chi connectivity index (χ4v) is 3.66. The first kappa shape index (κ1) is 15.5. The van der Waals surface area contributed by atoms with Crippen LogP contribution in [0.5, 0.6) is 0 Å². The predicted octanol–water partition coefficient (Wildman–Crippen LogP) is 1.75. The van der Waals surface area contributed by atoms with Crippen LogP contribution in [-0.4, -0.2) is 54.4 Å². The zero-order chi connectivity index (χ0) is 15.4. The smallest absolute Gasteiger partial charge is 0.273 e. The van der Waals surface area contributed by atoms with E-state index in [1.807, 2.05) is 0 Å². The van der Waals surface area contributed by atoms with Gasteiger partial charge in [-0.25, -0.2) is 0 Å². The molecule has 1 aliphatic heterocycles. The Labute approximate surface area is 131 Å². The van der Waals surface area contributed by atoms with E-state index in [4.69, 9.17) is 9.26 Å². The van der Waals surface area contributed by atoms with Crippen molar-refractivity contribution < 1.29 is 14.1 Å². The summed E-state index contributed by atoms with van der Waals surface area (Å²) < 4.78 is 10.5. The van der Waals surface area contributed by atoms with E-state index >= 15 is 0 Å². The summed E-state index contributed by atoms with van der Waals surface area (Å²) in [5.74, 6) is 0.515. The second-order valence-corrected chi connectivity index (χ2v) is 6.39. The average molecular weight is 307 g/mol. The monoisotopic (exact) mass is 307 g/mol. The number of carbonyl (C=O) groups excluding carboxylic acids is 1. The molecule has 1 N–H and O–H groups in total. The maximum absolute atomic E-state index is 12.2. The highest BCUT2D eigenvalue weighted by Crippen LogP contribution is 2.33. The molecule has 22 heavy (non-hydrogen) atoms. The van der Waals surface area contributed by atoms with Gasteiger partial charge in [0.15, 0.2) is 5.69 Å². The van der Waals surface area contributed by atoms with Crippen LogP contribution < -0.4 is 5.32 Å². The topological polar surface area (TPSA) is 67.6 Å². The maximum Gasteiger partial charge on any atom is 0.273 e. The highest BCUT2D eigenvalue weighted by Gasteiger charge is 2.38. The Morgan fingerprint density at radius 3 is 2.68 bits per heavy atom. The molecule has 0 radical (unpaired) electrons. The van der Waals surface area contributed by atoms with E-state index in [1.165, 1.54) is 19.3 Å². The fraction of sp³-hybridized carbons (Fsp3) is 0.750. The molecule has 1 aromatic heterocycles. The number of amides is 1. The Bertz CT molecular complexity index is 502. The molecule has 1 aliphatic carbocycles. The van der Waals surface area contributed by atoms with Gasteiger partial charge in [0, 0.05) is 31.2 Å². The van der Waals surface area contributed by atoms with E-state index < -0.39 is 0 Å². The molecule has 6 nitrogen and oxygen atoms in total. The van der Waals surface area contributed by atoms with E-state index in [2.05, 4.69) is 15.4 Å². The van der Waals surface area contributed by atoms with Crippen LogP contribution in [0, 0.1) is 6.92 Å². The van der Waals surface area contributed by atoms with Gasteiger partial charge in [-0.2, -0.15) is 0 Å². The minimum absolute atomic E-state index is 0.0798. The van der Waals surface area contributed by atoms with Crippen LogP contribution >= 0.6 is 0 Å². The third-order valence-corrected chi connectivity index (χ3v) is 4.90.